The molecule has 1 saturated carbocycles. The number of nitrogens with two attached hydrogens (primary N) is 1. The van der Waals surface area contributed by atoms with E-state index < -0.39 is 33.2 Å². The van der Waals surface area contributed by atoms with Gasteiger partial charge in [-0.25, -0.2) is 13.6 Å². The van der Waals surface area contributed by atoms with Crippen molar-refractivity contribution in [2.24, 2.45) is 5.14 Å². The van der Waals surface area contributed by atoms with E-state index in [1.165, 1.54) is 0 Å². The van der Waals surface area contributed by atoms with Gasteiger partial charge in [-0.05, 0) is 19.3 Å². The molecule has 0 aromatic heterocycles. The molecule has 0 aromatic rings. The van der Waals surface area contributed by atoms with Crippen LogP contribution in [0.5, 0.6) is 0 Å². The maximum Gasteiger partial charge on any atom is 0.323 e. The van der Waals surface area contributed by atoms with Crippen molar-refractivity contribution in [3.8, 4) is 0 Å². The van der Waals surface area contributed by atoms with Crippen LogP contribution in [-0.4, -0.2) is 48.1 Å². The van der Waals surface area contributed by atoms with E-state index in [1.54, 1.807) is 6.92 Å². The van der Waals surface area contributed by atoms with Gasteiger partial charge in [0.25, 0.3) is 0 Å². The van der Waals surface area contributed by atoms with Gasteiger partial charge >= 0.3 is 5.97 Å². The lowest BCUT2D eigenvalue weighted by Gasteiger charge is -2.24. The summed E-state index contributed by atoms with van der Waals surface area (Å²) >= 11 is 0. The van der Waals surface area contributed by atoms with E-state index in [1.807, 2.05) is 0 Å². The minimum absolute atomic E-state index is 0.171. The van der Waals surface area contributed by atoms with Gasteiger partial charge in [0.05, 0.1) is 0 Å². The van der Waals surface area contributed by atoms with Crippen molar-refractivity contribution in [3.05, 3.63) is 0 Å². The summed E-state index contributed by atoms with van der Waals surface area (Å²) < 4.78 is 21.1. The van der Waals surface area contributed by atoms with Gasteiger partial charge in [-0.2, -0.15) is 0 Å². The Labute approximate surface area is 99.6 Å². The van der Waals surface area contributed by atoms with Gasteiger partial charge in [-0.3, -0.25) is 9.59 Å². The monoisotopic (exact) mass is 264 g/mol. The molecule has 1 rings (SSSR count). The first kappa shape index (κ1) is 13.9. The molecule has 0 radical (unpaired) electrons. The van der Waals surface area contributed by atoms with Crippen LogP contribution in [-0.2, 0) is 19.6 Å². The highest BCUT2D eigenvalue weighted by atomic mass is 32.2. The average Bonchev–Trinajstić information content (AvgIpc) is 2.94. The molecule has 0 aliphatic heterocycles. The van der Waals surface area contributed by atoms with E-state index in [9.17, 15) is 18.0 Å². The number of primary sulfonamides is 1. The number of carboxylic acids is 1. The Balaban J connectivity index is 2.89. The van der Waals surface area contributed by atoms with Gasteiger partial charge in [0, 0.05) is 6.54 Å². The Bertz CT molecular complexity index is 427. The van der Waals surface area contributed by atoms with Crippen LogP contribution in [0.3, 0.4) is 0 Å². The number of aliphatic carboxylic acids is 1. The molecule has 1 aliphatic carbocycles. The molecule has 17 heavy (non-hydrogen) atoms. The van der Waals surface area contributed by atoms with Gasteiger partial charge in [-0.15, -0.1) is 0 Å². The average molecular weight is 264 g/mol. The van der Waals surface area contributed by atoms with E-state index in [4.69, 9.17) is 10.2 Å². The quantitative estimate of drug-likeness (QED) is 0.646. The lowest BCUT2D eigenvalue weighted by Crippen LogP contribution is -2.49. The summed E-state index contributed by atoms with van der Waals surface area (Å²) in [5.74, 6) is -1.86. The van der Waals surface area contributed by atoms with Crippen molar-refractivity contribution in [2.75, 3.05) is 13.1 Å². The molecular formula is C9H16N2O5S. The first-order chi connectivity index (χ1) is 7.74. The van der Waals surface area contributed by atoms with Gasteiger partial charge in [0.1, 0.15) is 6.54 Å². The second kappa shape index (κ2) is 4.61. The number of rotatable bonds is 6. The SMILES string of the molecule is CCCN(CC(=O)O)C(=O)C1(S(N)(=O)=O)CC1. The summed E-state index contributed by atoms with van der Waals surface area (Å²) in [5, 5.41) is 13.7. The lowest BCUT2D eigenvalue weighted by molar-refractivity contribution is -0.144. The van der Waals surface area contributed by atoms with Gasteiger partial charge in [-0.1, -0.05) is 6.92 Å². The fourth-order valence-electron chi connectivity index (χ4n) is 1.71. The Morgan fingerprint density at radius 2 is 1.94 bits per heavy atom. The summed E-state index contributed by atoms with van der Waals surface area (Å²) in [6.45, 7) is 1.49. The molecule has 98 valence electrons. The van der Waals surface area contributed by atoms with Crippen LogP contribution in [0, 0.1) is 0 Å². The van der Waals surface area contributed by atoms with Gasteiger partial charge in [0.2, 0.25) is 15.9 Å². The Hall–Kier alpha value is -1.15. The minimum atomic E-state index is -3.97. The highest BCUT2D eigenvalue weighted by molar-refractivity contribution is 7.91. The van der Waals surface area contributed by atoms with Crippen LogP contribution in [0.1, 0.15) is 26.2 Å². The number of carbonyl (C=O) groups excluding carboxylic acids is 1. The molecule has 1 aliphatic rings. The molecule has 7 nitrogen and oxygen atoms in total. The molecular weight excluding hydrogens is 248 g/mol. The van der Waals surface area contributed by atoms with Crippen LogP contribution >= 0.6 is 0 Å². The molecule has 0 spiro atoms. The van der Waals surface area contributed by atoms with E-state index >= 15 is 0 Å². The molecule has 0 saturated heterocycles. The zero-order valence-corrected chi connectivity index (χ0v) is 10.4. The first-order valence-corrected chi connectivity index (χ1v) is 6.83. The third-order valence-corrected chi connectivity index (χ3v) is 4.42. The summed E-state index contributed by atoms with van der Waals surface area (Å²) in [5.41, 5.74) is 0. The second-order valence-electron chi connectivity index (χ2n) is 4.16. The van der Waals surface area contributed by atoms with E-state index in [2.05, 4.69) is 0 Å². The number of carboxylic acid groups (broad SMARTS) is 1. The highest BCUT2D eigenvalue weighted by Crippen LogP contribution is 2.43. The maximum atomic E-state index is 12.0. The number of hydrogen-bond acceptors (Lipinski definition) is 4. The molecule has 0 aromatic carbocycles. The van der Waals surface area contributed by atoms with Crippen LogP contribution < -0.4 is 5.14 Å². The number of carbonyl (C=O) groups is 2. The number of hydrogen-bond donors (Lipinski definition) is 2. The van der Waals surface area contributed by atoms with Crippen LogP contribution in [0.4, 0.5) is 0 Å². The van der Waals surface area contributed by atoms with Gasteiger partial charge in [0.15, 0.2) is 4.75 Å². The molecule has 8 heteroatoms. The Morgan fingerprint density at radius 3 is 2.24 bits per heavy atom. The number of sulfonamides is 1. The second-order valence-corrected chi connectivity index (χ2v) is 6.03. The Morgan fingerprint density at radius 1 is 1.41 bits per heavy atom. The number of nitrogens with zero attached hydrogens (tertiary/aromatic N) is 1. The molecule has 0 unspecified atom stereocenters. The van der Waals surface area contributed by atoms with Crippen molar-refractivity contribution in [2.45, 2.75) is 30.9 Å². The highest BCUT2D eigenvalue weighted by Gasteiger charge is 2.60. The molecule has 1 amide bonds. The topological polar surface area (TPSA) is 118 Å². The van der Waals surface area contributed by atoms with Crippen LogP contribution in [0.25, 0.3) is 0 Å². The lowest BCUT2D eigenvalue weighted by atomic mass is 10.3. The summed E-state index contributed by atoms with van der Waals surface area (Å²) in [6, 6.07) is 0. The minimum Gasteiger partial charge on any atom is -0.480 e. The summed E-state index contributed by atoms with van der Waals surface area (Å²) in [4.78, 5) is 23.7. The molecule has 0 bridgehead atoms. The van der Waals surface area contributed by atoms with Crippen molar-refractivity contribution in [1.29, 1.82) is 0 Å². The fraction of sp³-hybridized carbons (Fsp3) is 0.778. The largest absolute Gasteiger partial charge is 0.480 e. The zero-order chi connectivity index (χ0) is 13.3. The third kappa shape index (κ3) is 2.75. The summed E-state index contributed by atoms with van der Waals surface area (Å²) in [7, 11) is -3.97. The predicted molar refractivity (Wildman–Crippen MR) is 59.6 cm³/mol. The third-order valence-electron chi connectivity index (χ3n) is 2.75. The molecule has 0 atom stereocenters. The smallest absolute Gasteiger partial charge is 0.323 e. The first-order valence-electron chi connectivity index (χ1n) is 5.28. The standard InChI is InChI=1S/C9H16N2O5S/c1-2-5-11(6-7(12)13)8(14)9(3-4-9)17(10,15)16/h2-6H2,1H3,(H,12,13)(H2,10,15,16). The fourth-order valence-corrected chi connectivity index (χ4v) is 2.75. The van der Waals surface area contributed by atoms with Crippen LogP contribution in [0.2, 0.25) is 0 Å². The summed E-state index contributed by atoms with van der Waals surface area (Å²) in [6.07, 6.45) is 0.898. The van der Waals surface area contributed by atoms with E-state index in [-0.39, 0.29) is 19.4 Å². The van der Waals surface area contributed by atoms with Crippen molar-refractivity contribution in [1.82, 2.24) is 4.90 Å². The van der Waals surface area contributed by atoms with E-state index in [0.29, 0.717) is 6.42 Å². The molecule has 1 fully saturated rings. The van der Waals surface area contributed by atoms with Crippen molar-refractivity contribution < 1.29 is 23.1 Å². The molecule has 3 N–H and O–H groups in total. The van der Waals surface area contributed by atoms with Crippen molar-refractivity contribution in [3.63, 3.8) is 0 Å². The maximum absolute atomic E-state index is 12.0. The Kier molecular flexibility index (Phi) is 3.78. The number of amides is 1. The molecule has 0 heterocycles. The van der Waals surface area contributed by atoms with Crippen molar-refractivity contribution >= 4 is 21.9 Å². The normalized spacial score (nSPS) is 17.5. The zero-order valence-electron chi connectivity index (χ0n) is 9.55. The van der Waals surface area contributed by atoms with E-state index in [0.717, 1.165) is 4.90 Å². The van der Waals surface area contributed by atoms with Gasteiger partial charge < -0.3 is 10.0 Å². The van der Waals surface area contributed by atoms with Crippen LogP contribution in [0.15, 0.2) is 0 Å². The predicted octanol–water partition coefficient (Wildman–Crippen LogP) is -0.869.